The van der Waals surface area contributed by atoms with Crippen molar-refractivity contribution < 1.29 is 48.3 Å². The Morgan fingerprint density at radius 3 is 2.24 bits per heavy atom. The number of sulfonamides is 1. The Balaban J connectivity index is 1.72. The van der Waals surface area contributed by atoms with Gasteiger partial charge in [-0.15, -0.1) is 0 Å². The predicted molar refractivity (Wildman–Crippen MR) is 210 cm³/mol. The van der Waals surface area contributed by atoms with Gasteiger partial charge in [-0.1, -0.05) is 23.6 Å². The second-order valence-corrected chi connectivity index (χ2v) is 20.8. The van der Waals surface area contributed by atoms with Gasteiger partial charge in [0.1, 0.15) is 27.7 Å². The standard InChI is InChI=1S/C39H41ClF5N5O6S2/c1-38(2,3)56-37(51)47-29(18-20-16-21(41)19-22(42)17-20)32-30(25-9-7-8-24(25)28(46-32)14-15-39(4,5)57(6,52)53)26-12-13-27(40)31-33(26)50(35(45)34(43)44)48-36(31)49-58(54,55)23-10-11-23/h12-13,16-17,19,23,29,34-35H,7-11,18H2,1-6H3,(H,47,51)(H,48,49)/t29-,35?/m0/s1. The van der Waals surface area contributed by atoms with Gasteiger partial charge in [-0.3, -0.25) is 4.72 Å². The van der Waals surface area contributed by atoms with E-state index in [0.717, 1.165) is 18.4 Å². The first-order valence-electron chi connectivity index (χ1n) is 18.2. The van der Waals surface area contributed by atoms with Crippen LogP contribution in [0.5, 0.6) is 0 Å². The Hall–Kier alpha value is -4.47. The van der Waals surface area contributed by atoms with Crippen molar-refractivity contribution in [2.75, 3.05) is 11.0 Å². The minimum absolute atomic E-state index is 0.00473. The zero-order valence-electron chi connectivity index (χ0n) is 32.3. The summed E-state index contributed by atoms with van der Waals surface area (Å²) in [7, 11) is -7.80. The molecule has 0 spiro atoms. The number of anilines is 1. The lowest BCUT2D eigenvalue weighted by atomic mass is 9.88. The number of nitrogens with zero attached hydrogens (tertiary/aromatic N) is 3. The maximum Gasteiger partial charge on any atom is 0.408 e. The number of pyridine rings is 1. The number of hydrogen-bond acceptors (Lipinski definition) is 8. The Labute approximate surface area is 338 Å². The number of nitrogens with one attached hydrogen (secondary N) is 2. The Morgan fingerprint density at radius 1 is 1.02 bits per heavy atom. The molecule has 0 saturated heterocycles. The largest absolute Gasteiger partial charge is 0.444 e. The number of fused-ring (bicyclic) bond motifs is 2. The third-order valence-corrected chi connectivity index (χ3v) is 13.9. The minimum Gasteiger partial charge on any atom is -0.444 e. The number of alkyl carbamates (subject to hydrolysis) is 1. The highest BCUT2D eigenvalue weighted by Crippen LogP contribution is 2.46. The summed E-state index contributed by atoms with van der Waals surface area (Å²) in [6.45, 7) is 7.64. The van der Waals surface area contributed by atoms with Gasteiger partial charge in [0.15, 0.2) is 15.7 Å². The van der Waals surface area contributed by atoms with Crippen LogP contribution in [0.4, 0.5) is 32.6 Å². The summed E-state index contributed by atoms with van der Waals surface area (Å²) in [4.78, 5) is 18.4. The van der Waals surface area contributed by atoms with Crippen LogP contribution in [0.25, 0.3) is 22.0 Å². The second-order valence-electron chi connectivity index (χ2n) is 15.9. The Bertz CT molecular complexity index is 2580. The van der Waals surface area contributed by atoms with Gasteiger partial charge in [-0.25, -0.2) is 53.2 Å². The molecule has 58 heavy (non-hydrogen) atoms. The fraction of sp³-hybridized carbons (Fsp3) is 0.462. The van der Waals surface area contributed by atoms with Gasteiger partial charge in [0.05, 0.1) is 32.9 Å². The van der Waals surface area contributed by atoms with Gasteiger partial charge in [0.2, 0.25) is 10.0 Å². The molecule has 19 heteroatoms. The van der Waals surface area contributed by atoms with Crippen LogP contribution in [0.1, 0.15) is 94.3 Å². The van der Waals surface area contributed by atoms with Crippen molar-refractivity contribution in [1.29, 1.82) is 0 Å². The van der Waals surface area contributed by atoms with Crippen LogP contribution in [0, 0.1) is 23.5 Å². The van der Waals surface area contributed by atoms with Crippen molar-refractivity contribution in [3.05, 3.63) is 75.1 Å². The van der Waals surface area contributed by atoms with Gasteiger partial charge >= 0.3 is 6.09 Å². The van der Waals surface area contributed by atoms with Crippen LogP contribution in [-0.4, -0.2) is 66.0 Å². The van der Waals surface area contributed by atoms with E-state index in [4.69, 9.17) is 21.3 Å². The zero-order valence-corrected chi connectivity index (χ0v) is 34.7. The predicted octanol–water partition coefficient (Wildman–Crippen LogP) is 8.14. The van der Waals surface area contributed by atoms with Crippen molar-refractivity contribution in [2.45, 2.75) is 108 Å². The van der Waals surface area contributed by atoms with Gasteiger partial charge < -0.3 is 10.1 Å². The molecular formula is C39H41ClF5N5O6S2. The van der Waals surface area contributed by atoms with E-state index >= 15 is 4.39 Å². The molecule has 1 fully saturated rings. The van der Waals surface area contributed by atoms with Gasteiger partial charge in [-0.2, -0.15) is 5.10 Å². The van der Waals surface area contributed by atoms with Crippen LogP contribution in [0.3, 0.4) is 0 Å². The summed E-state index contributed by atoms with van der Waals surface area (Å²) in [6.07, 6.45) is -5.17. The van der Waals surface area contributed by atoms with E-state index in [0.29, 0.717) is 54.0 Å². The third-order valence-electron chi connectivity index (χ3n) is 9.80. The van der Waals surface area contributed by atoms with E-state index < -0.39 is 77.8 Å². The molecule has 2 N–H and O–H groups in total. The van der Waals surface area contributed by atoms with Crippen LogP contribution >= 0.6 is 11.6 Å². The smallest absolute Gasteiger partial charge is 0.408 e. The van der Waals surface area contributed by atoms with E-state index in [9.17, 15) is 39.2 Å². The van der Waals surface area contributed by atoms with Gasteiger partial charge in [0, 0.05) is 23.4 Å². The van der Waals surface area contributed by atoms with Crippen molar-refractivity contribution in [1.82, 2.24) is 20.1 Å². The lowest BCUT2D eigenvalue weighted by molar-refractivity contribution is 0.00366. The van der Waals surface area contributed by atoms with Crippen LogP contribution in [-0.2, 0) is 43.9 Å². The van der Waals surface area contributed by atoms with Crippen LogP contribution < -0.4 is 10.0 Å². The number of benzene rings is 2. The number of halogens is 6. The van der Waals surface area contributed by atoms with Gasteiger partial charge in [0.25, 0.3) is 12.7 Å². The maximum absolute atomic E-state index is 15.7. The molecule has 2 aromatic heterocycles. The number of aromatic nitrogens is 3. The third kappa shape index (κ3) is 9.06. The molecule has 1 saturated carbocycles. The lowest BCUT2D eigenvalue weighted by Gasteiger charge is -2.27. The molecule has 1 amide bonds. The first kappa shape index (κ1) is 43.1. The molecule has 2 aromatic carbocycles. The van der Waals surface area contributed by atoms with Crippen molar-refractivity contribution in [3.63, 3.8) is 0 Å². The number of hydrogen-bond donors (Lipinski definition) is 2. The number of sulfone groups is 1. The van der Waals surface area contributed by atoms with E-state index in [-0.39, 0.29) is 50.4 Å². The van der Waals surface area contributed by atoms with E-state index in [2.05, 4.69) is 27.0 Å². The van der Waals surface area contributed by atoms with E-state index in [1.807, 2.05) is 0 Å². The molecule has 2 atom stereocenters. The van der Waals surface area contributed by atoms with E-state index in [1.54, 1.807) is 20.8 Å². The molecule has 0 aliphatic heterocycles. The lowest BCUT2D eigenvalue weighted by Crippen LogP contribution is -2.36. The molecule has 11 nitrogen and oxygen atoms in total. The highest BCUT2D eigenvalue weighted by Gasteiger charge is 2.39. The van der Waals surface area contributed by atoms with Crippen molar-refractivity contribution >= 4 is 54.3 Å². The Kier molecular flexibility index (Phi) is 11.6. The number of ether oxygens (including phenoxy) is 1. The fourth-order valence-corrected chi connectivity index (χ4v) is 8.47. The Morgan fingerprint density at radius 2 is 1.66 bits per heavy atom. The number of carbonyl (C=O) groups excluding carboxylic acids is 1. The van der Waals surface area contributed by atoms with Crippen LogP contribution in [0.15, 0.2) is 30.3 Å². The fourth-order valence-electron chi connectivity index (χ4n) is 6.66. The van der Waals surface area contributed by atoms with Crippen molar-refractivity contribution in [2.24, 2.45) is 0 Å². The summed E-state index contributed by atoms with van der Waals surface area (Å²) in [5, 5.41) is 5.60. The average Bonchev–Trinajstić information content (AvgIpc) is 3.74. The summed E-state index contributed by atoms with van der Waals surface area (Å²) in [5.74, 6) is 3.34. The quantitative estimate of drug-likeness (QED) is 0.113. The summed E-state index contributed by atoms with van der Waals surface area (Å²) in [6, 6.07) is 4.16. The number of rotatable bonds is 11. The summed E-state index contributed by atoms with van der Waals surface area (Å²) in [5.41, 5.74) is -0.0119. The first-order valence-corrected chi connectivity index (χ1v) is 22.1. The van der Waals surface area contributed by atoms with E-state index in [1.165, 1.54) is 26.0 Å². The highest BCUT2D eigenvalue weighted by atomic mass is 35.5. The summed E-state index contributed by atoms with van der Waals surface area (Å²) >= 11 is 6.65. The van der Waals surface area contributed by atoms with Gasteiger partial charge in [-0.05, 0) is 114 Å². The molecule has 4 aromatic rings. The van der Waals surface area contributed by atoms with Crippen LogP contribution in [0.2, 0.25) is 5.02 Å². The highest BCUT2D eigenvalue weighted by molar-refractivity contribution is 7.93. The average molecular weight is 870 g/mol. The molecule has 0 radical (unpaired) electrons. The molecular weight excluding hydrogens is 829 g/mol. The number of alkyl halides is 3. The zero-order chi connectivity index (χ0) is 42.7. The SMILES string of the molecule is CC(C)(C)OC(=O)N[C@@H](Cc1cc(F)cc(F)c1)c1nc(C#CC(C)(C)S(C)(=O)=O)c2c(c1-c1ccc(Cl)c3c(NS(=O)(=O)C4CC4)nn(C(F)C(F)F)c13)CCC2. The first-order chi connectivity index (χ1) is 26.9. The molecule has 2 heterocycles. The second kappa shape index (κ2) is 15.6. The number of amides is 1. The molecule has 312 valence electrons. The molecule has 6 rings (SSSR count). The molecule has 0 bridgehead atoms. The topological polar surface area (TPSA) is 149 Å². The molecule has 1 unspecified atom stereocenters. The number of carbonyl (C=O) groups is 1. The molecule has 2 aliphatic rings. The maximum atomic E-state index is 15.7. The van der Waals surface area contributed by atoms with Crippen molar-refractivity contribution in [3.8, 4) is 23.0 Å². The molecule has 2 aliphatic carbocycles. The normalized spacial score (nSPS) is 15.8. The minimum atomic E-state index is -4.08. The monoisotopic (exact) mass is 869 g/mol. The summed E-state index contributed by atoms with van der Waals surface area (Å²) < 4.78 is 132.